The Morgan fingerprint density at radius 1 is 1.37 bits per heavy atom. The predicted molar refractivity (Wildman–Crippen MR) is 67.9 cm³/mol. The Balaban J connectivity index is 2.82. The van der Waals surface area contributed by atoms with Crippen LogP contribution in [-0.4, -0.2) is 30.3 Å². The number of hydrogen-bond acceptors (Lipinski definition) is 6. The molecular formula is C12H14N2O5. The van der Waals surface area contributed by atoms with Crippen molar-refractivity contribution in [2.45, 2.75) is 13.3 Å². The molecule has 7 nitrogen and oxygen atoms in total. The van der Waals surface area contributed by atoms with Crippen LogP contribution in [0.1, 0.15) is 12.5 Å². The standard InChI is InChI=1S/C12H14N2O5/c1-3-19-12(15)11(13-18-2)8-9-4-6-10(7-5-9)14(16)17/h4-7H,3,8H2,1-2H3. The highest BCUT2D eigenvalue weighted by atomic mass is 16.6. The molecule has 19 heavy (non-hydrogen) atoms. The van der Waals surface area contributed by atoms with Crippen LogP contribution < -0.4 is 0 Å². The number of nitro benzene ring substituents is 1. The van der Waals surface area contributed by atoms with E-state index in [1.165, 1.54) is 19.2 Å². The van der Waals surface area contributed by atoms with Crippen LogP contribution in [0.2, 0.25) is 0 Å². The molecule has 1 rings (SSSR count). The van der Waals surface area contributed by atoms with Gasteiger partial charge in [0.1, 0.15) is 7.11 Å². The van der Waals surface area contributed by atoms with Gasteiger partial charge >= 0.3 is 5.97 Å². The number of non-ortho nitro benzene ring substituents is 1. The first-order valence-corrected chi connectivity index (χ1v) is 5.59. The minimum Gasteiger partial charge on any atom is -0.461 e. The summed E-state index contributed by atoms with van der Waals surface area (Å²) < 4.78 is 4.83. The van der Waals surface area contributed by atoms with Crippen molar-refractivity contribution in [2.24, 2.45) is 5.16 Å². The van der Waals surface area contributed by atoms with E-state index in [2.05, 4.69) is 9.99 Å². The third-order valence-corrected chi connectivity index (χ3v) is 2.23. The Hall–Kier alpha value is -2.44. The molecule has 0 aliphatic carbocycles. The summed E-state index contributed by atoms with van der Waals surface area (Å²) in [6, 6.07) is 5.85. The van der Waals surface area contributed by atoms with E-state index >= 15 is 0 Å². The summed E-state index contributed by atoms with van der Waals surface area (Å²) in [4.78, 5) is 26.2. The zero-order valence-corrected chi connectivity index (χ0v) is 10.7. The van der Waals surface area contributed by atoms with Gasteiger partial charge in [0.2, 0.25) is 0 Å². The molecule has 0 bridgehead atoms. The molecule has 0 saturated heterocycles. The SMILES string of the molecule is CCOC(=O)C(Cc1ccc([N+](=O)[O-])cc1)=NOC. The fourth-order valence-electron chi connectivity index (χ4n) is 1.40. The van der Waals surface area contributed by atoms with Gasteiger partial charge in [-0.25, -0.2) is 4.79 Å². The Bertz CT molecular complexity index is 481. The normalized spacial score (nSPS) is 10.9. The Labute approximate surface area is 110 Å². The van der Waals surface area contributed by atoms with Gasteiger partial charge in [0.05, 0.1) is 11.5 Å². The van der Waals surface area contributed by atoms with Crippen LogP contribution in [0.15, 0.2) is 29.4 Å². The summed E-state index contributed by atoms with van der Waals surface area (Å²) in [7, 11) is 1.33. The second kappa shape index (κ2) is 7.10. The van der Waals surface area contributed by atoms with Crippen molar-refractivity contribution < 1.29 is 19.3 Å². The van der Waals surface area contributed by atoms with Crippen LogP contribution in [0.5, 0.6) is 0 Å². The molecule has 0 atom stereocenters. The van der Waals surface area contributed by atoms with Gasteiger partial charge in [0.15, 0.2) is 5.71 Å². The number of esters is 1. The summed E-state index contributed by atoms with van der Waals surface area (Å²) in [6.07, 6.45) is 0.185. The molecule has 7 heteroatoms. The number of carbonyl (C=O) groups excluding carboxylic acids is 1. The van der Waals surface area contributed by atoms with Gasteiger partial charge in [-0.05, 0) is 12.5 Å². The van der Waals surface area contributed by atoms with Gasteiger partial charge in [-0.3, -0.25) is 10.1 Å². The zero-order chi connectivity index (χ0) is 14.3. The van der Waals surface area contributed by atoms with Crippen LogP contribution in [0.25, 0.3) is 0 Å². The van der Waals surface area contributed by atoms with Crippen molar-refractivity contribution in [3.8, 4) is 0 Å². The van der Waals surface area contributed by atoms with Crippen molar-refractivity contribution >= 4 is 17.4 Å². The van der Waals surface area contributed by atoms with Crippen LogP contribution in [-0.2, 0) is 20.8 Å². The van der Waals surface area contributed by atoms with E-state index in [1.54, 1.807) is 19.1 Å². The lowest BCUT2D eigenvalue weighted by atomic mass is 10.1. The summed E-state index contributed by atoms with van der Waals surface area (Å²) in [5, 5.41) is 14.1. The number of nitro groups is 1. The van der Waals surface area contributed by atoms with Gasteiger partial charge in [-0.15, -0.1) is 0 Å². The fourth-order valence-corrected chi connectivity index (χ4v) is 1.40. The van der Waals surface area contributed by atoms with E-state index in [0.29, 0.717) is 5.56 Å². The van der Waals surface area contributed by atoms with Crippen molar-refractivity contribution in [3.63, 3.8) is 0 Å². The van der Waals surface area contributed by atoms with Crippen molar-refractivity contribution in [1.82, 2.24) is 0 Å². The Morgan fingerprint density at radius 2 is 2.00 bits per heavy atom. The Kier molecular flexibility index (Phi) is 5.46. The van der Waals surface area contributed by atoms with Gasteiger partial charge in [-0.1, -0.05) is 17.3 Å². The first-order chi connectivity index (χ1) is 9.08. The molecule has 0 heterocycles. The molecule has 1 aromatic carbocycles. The maximum absolute atomic E-state index is 11.6. The fraction of sp³-hybridized carbons (Fsp3) is 0.333. The number of hydrogen-bond donors (Lipinski definition) is 0. The number of rotatable bonds is 6. The lowest BCUT2D eigenvalue weighted by Gasteiger charge is -2.05. The quantitative estimate of drug-likeness (QED) is 0.338. The minimum absolute atomic E-state index is 0.00915. The molecule has 0 N–H and O–H groups in total. The first-order valence-electron chi connectivity index (χ1n) is 5.59. The number of benzene rings is 1. The van der Waals surface area contributed by atoms with E-state index in [1.807, 2.05) is 0 Å². The van der Waals surface area contributed by atoms with E-state index < -0.39 is 10.9 Å². The largest absolute Gasteiger partial charge is 0.461 e. The molecule has 0 aliphatic heterocycles. The van der Waals surface area contributed by atoms with Gasteiger partial charge in [-0.2, -0.15) is 0 Å². The van der Waals surface area contributed by atoms with Crippen LogP contribution in [0.3, 0.4) is 0 Å². The van der Waals surface area contributed by atoms with Crippen molar-refractivity contribution in [2.75, 3.05) is 13.7 Å². The maximum atomic E-state index is 11.6. The predicted octanol–water partition coefficient (Wildman–Crippen LogP) is 1.70. The van der Waals surface area contributed by atoms with Crippen LogP contribution in [0.4, 0.5) is 5.69 Å². The highest BCUT2D eigenvalue weighted by Crippen LogP contribution is 2.13. The topological polar surface area (TPSA) is 91.0 Å². The number of carbonyl (C=O) groups is 1. The Morgan fingerprint density at radius 3 is 2.47 bits per heavy atom. The maximum Gasteiger partial charge on any atom is 0.356 e. The van der Waals surface area contributed by atoms with Crippen LogP contribution in [0, 0.1) is 10.1 Å². The van der Waals surface area contributed by atoms with Crippen LogP contribution >= 0.6 is 0 Å². The second-order valence-electron chi connectivity index (χ2n) is 3.54. The average molecular weight is 266 g/mol. The lowest BCUT2D eigenvalue weighted by Crippen LogP contribution is -2.20. The molecule has 1 aromatic rings. The number of ether oxygens (including phenoxy) is 1. The molecule has 0 unspecified atom stereocenters. The summed E-state index contributed by atoms with van der Waals surface area (Å²) in [5.74, 6) is -0.567. The van der Waals surface area contributed by atoms with E-state index in [9.17, 15) is 14.9 Å². The monoisotopic (exact) mass is 266 g/mol. The average Bonchev–Trinajstić information content (AvgIpc) is 2.39. The third-order valence-electron chi connectivity index (χ3n) is 2.23. The first kappa shape index (κ1) is 14.6. The summed E-state index contributed by atoms with van der Waals surface area (Å²) in [6.45, 7) is 1.93. The smallest absolute Gasteiger partial charge is 0.356 e. The van der Waals surface area contributed by atoms with Crippen molar-refractivity contribution in [3.05, 3.63) is 39.9 Å². The van der Waals surface area contributed by atoms with Crippen molar-refractivity contribution in [1.29, 1.82) is 0 Å². The molecular weight excluding hydrogens is 252 g/mol. The summed E-state index contributed by atoms with van der Waals surface area (Å²) in [5.41, 5.74) is 0.803. The van der Waals surface area contributed by atoms with Gasteiger partial charge in [0, 0.05) is 18.6 Å². The highest BCUT2D eigenvalue weighted by molar-refractivity contribution is 6.36. The second-order valence-corrected chi connectivity index (χ2v) is 3.54. The molecule has 0 radical (unpaired) electrons. The molecule has 0 amide bonds. The van der Waals surface area contributed by atoms with E-state index in [-0.39, 0.29) is 24.4 Å². The van der Waals surface area contributed by atoms with Gasteiger partial charge < -0.3 is 9.57 Å². The minimum atomic E-state index is -0.567. The van der Waals surface area contributed by atoms with E-state index in [4.69, 9.17) is 4.74 Å². The summed E-state index contributed by atoms with van der Waals surface area (Å²) >= 11 is 0. The molecule has 0 aliphatic rings. The molecule has 0 fully saturated rings. The molecule has 0 saturated carbocycles. The molecule has 102 valence electrons. The third kappa shape index (κ3) is 4.38. The van der Waals surface area contributed by atoms with E-state index in [0.717, 1.165) is 0 Å². The zero-order valence-electron chi connectivity index (χ0n) is 10.7. The number of oxime groups is 1. The lowest BCUT2D eigenvalue weighted by molar-refractivity contribution is -0.384. The highest BCUT2D eigenvalue weighted by Gasteiger charge is 2.15. The van der Waals surface area contributed by atoms with Gasteiger partial charge in [0.25, 0.3) is 5.69 Å². The molecule has 0 aromatic heterocycles. The molecule has 0 spiro atoms. The number of nitrogens with zero attached hydrogens (tertiary/aromatic N) is 2.